The second-order valence-electron chi connectivity index (χ2n) is 5.20. The molecule has 1 fully saturated rings. The van der Waals surface area contributed by atoms with Crippen molar-refractivity contribution in [1.82, 2.24) is 9.78 Å². The summed E-state index contributed by atoms with van der Waals surface area (Å²) in [4.78, 5) is 23.6. The summed E-state index contributed by atoms with van der Waals surface area (Å²) >= 11 is 0. The highest BCUT2D eigenvalue weighted by Crippen LogP contribution is 2.30. The van der Waals surface area contributed by atoms with Crippen LogP contribution in [0.25, 0.3) is 0 Å². The molecule has 2 amide bonds. The minimum atomic E-state index is -0.210. The average molecular weight is 284 g/mol. The molecule has 0 aliphatic heterocycles. The number of aryl methyl sites for hydroxylation is 1. The fourth-order valence-electron chi connectivity index (χ4n) is 1.97. The van der Waals surface area contributed by atoms with Crippen LogP contribution in [0.2, 0.25) is 0 Å². The molecule has 0 atom stereocenters. The van der Waals surface area contributed by atoms with Crippen molar-refractivity contribution < 1.29 is 9.59 Å². The fraction of sp³-hybridized carbons (Fsp3) is 0.267. The monoisotopic (exact) mass is 284 g/mol. The Labute approximate surface area is 122 Å². The van der Waals surface area contributed by atoms with Gasteiger partial charge < -0.3 is 10.6 Å². The molecule has 1 saturated carbocycles. The van der Waals surface area contributed by atoms with Crippen molar-refractivity contribution >= 4 is 23.2 Å². The first kappa shape index (κ1) is 13.4. The Hall–Kier alpha value is -2.63. The van der Waals surface area contributed by atoms with Gasteiger partial charge in [-0.05, 0) is 37.1 Å². The van der Waals surface area contributed by atoms with Gasteiger partial charge in [-0.3, -0.25) is 14.3 Å². The Morgan fingerprint density at radius 3 is 2.29 bits per heavy atom. The van der Waals surface area contributed by atoms with Gasteiger partial charge in [0.1, 0.15) is 0 Å². The zero-order chi connectivity index (χ0) is 14.8. The number of anilines is 2. The van der Waals surface area contributed by atoms with E-state index in [0.717, 1.165) is 18.5 Å². The molecule has 3 rings (SSSR count). The van der Waals surface area contributed by atoms with E-state index >= 15 is 0 Å². The second-order valence-corrected chi connectivity index (χ2v) is 5.20. The second kappa shape index (κ2) is 5.40. The van der Waals surface area contributed by atoms with Crippen LogP contribution >= 0.6 is 0 Å². The highest BCUT2D eigenvalue weighted by atomic mass is 16.2. The number of rotatable bonds is 4. The van der Waals surface area contributed by atoms with E-state index in [1.54, 1.807) is 42.2 Å². The van der Waals surface area contributed by atoms with Crippen LogP contribution in [0.1, 0.15) is 23.2 Å². The smallest absolute Gasteiger partial charge is 0.258 e. The first-order valence-corrected chi connectivity index (χ1v) is 6.83. The molecule has 2 aromatic rings. The van der Waals surface area contributed by atoms with E-state index in [1.807, 2.05) is 0 Å². The minimum Gasteiger partial charge on any atom is -0.326 e. The molecule has 0 radical (unpaired) electrons. The van der Waals surface area contributed by atoms with Crippen LogP contribution in [-0.4, -0.2) is 21.6 Å². The van der Waals surface area contributed by atoms with Crippen molar-refractivity contribution in [3.05, 3.63) is 42.2 Å². The van der Waals surface area contributed by atoms with Crippen molar-refractivity contribution in [1.29, 1.82) is 0 Å². The Morgan fingerprint density at radius 2 is 1.76 bits per heavy atom. The maximum absolute atomic E-state index is 12.0. The fourth-order valence-corrected chi connectivity index (χ4v) is 1.97. The maximum Gasteiger partial charge on any atom is 0.258 e. The topological polar surface area (TPSA) is 76.0 Å². The molecular formula is C15H16N4O2. The van der Waals surface area contributed by atoms with Crippen LogP contribution in [0, 0.1) is 5.92 Å². The number of hydrogen-bond acceptors (Lipinski definition) is 3. The van der Waals surface area contributed by atoms with E-state index in [-0.39, 0.29) is 17.7 Å². The van der Waals surface area contributed by atoms with Crippen molar-refractivity contribution in [2.24, 2.45) is 13.0 Å². The van der Waals surface area contributed by atoms with E-state index in [2.05, 4.69) is 15.7 Å². The number of carbonyl (C=O) groups excluding carboxylic acids is 2. The highest BCUT2D eigenvalue weighted by molar-refractivity contribution is 6.04. The maximum atomic E-state index is 12.0. The zero-order valence-electron chi connectivity index (χ0n) is 11.7. The Balaban J connectivity index is 1.61. The van der Waals surface area contributed by atoms with E-state index in [0.29, 0.717) is 11.3 Å². The summed E-state index contributed by atoms with van der Waals surface area (Å²) in [5, 5.41) is 9.59. The quantitative estimate of drug-likeness (QED) is 0.901. The van der Waals surface area contributed by atoms with E-state index in [4.69, 9.17) is 0 Å². The number of nitrogens with zero attached hydrogens (tertiary/aromatic N) is 2. The standard InChI is InChI=1S/C15H16N4O2/c1-19-9-11(8-16-19)15(21)18-13-6-4-12(5-7-13)17-14(20)10-2-3-10/h4-10H,2-3H2,1H3,(H,17,20)(H,18,21). The Bertz CT molecular complexity index is 671. The molecule has 21 heavy (non-hydrogen) atoms. The lowest BCUT2D eigenvalue weighted by Crippen LogP contribution is -2.13. The number of hydrogen-bond donors (Lipinski definition) is 2. The van der Waals surface area contributed by atoms with Crippen LogP contribution in [0.4, 0.5) is 11.4 Å². The Morgan fingerprint density at radius 1 is 1.14 bits per heavy atom. The van der Waals surface area contributed by atoms with Crippen LogP contribution in [0.15, 0.2) is 36.7 Å². The molecule has 0 bridgehead atoms. The molecule has 0 saturated heterocycles. The molecule has 1 aliphatic rings. The number of benzene rings is 1. The summed E-state index contributed by atoms with van der Waals surface area (Å²) in [7, 11) is 1.76. The molecule has 108 valence electrons. The molecule has 1 heterocycles. The lowest BCUT2D eigenvalue weighted by Gasteiger charge is -2.07. The van der Waals surface area contributed by atoms with Crippen LogP contribution in [0.5, 0.6) is 0 Å². The van der Waals surface area contributed by atoms with Gasteiger partial charge in [-0.1, -0.05) is 0 Å². The molecule has 2 N–H and O–H groups in total. The molecule has 1 aromatic carbocycles. The van der Waals surface area contributed by atoms with E-state index < -0.39 is 0 Å². The molecule has 1 aromatic heterocycles. The molecule has 0 spiro atoms. The first-order chi connectivity index (χ1) is 10.1. The summed E-state index contributed by atoms with van der Waals surface area (Å²) in [6, 6.07) is 7.08. The van der Waals surface area contributed by atoms with Gasteiger partial charge >= 0.3 is 0 Å². The Kier molecular flexibility index (Phi) is 3.43. The van der Waals surface area contributed by atoms with E-state index in [1.165, 1.54) is 6.20 Å². The summed E-state index contributed by atoms with van der Waals surface area (Å²) < 4.78 is 1.57. The lowest BCUT2D eigenvalue weighted by atomic mass is 10.2. The van der Waals surface area contributed by atoms with Crippen molar-refractivity contribution in [2.75, 3.05) is 10.6 Å². The van der Waals surface area contributed by atoms with Crippen molar-refractivity contribution in [2.45, 2.75) is 12.8 Å². The normalized spacial score (nSPS) is 13.8. The molecule has 0 unspecified atom stereocenters. The summed E-state index contributed by atoms with van der Waals surface area (Å²) in [6.45, 7) is 0. The van der Waals surface area contributed by atoms with Gasteiger partial charge in [0, 0.05) is 30.5 Å². The summed E-state index contributed by atoms with van der Waals surface area (Å²) in [5.41, 5.74) is 1.92. The number of nitrogens with one attached hydrogen (secondary N) is 2. The van der Waals surface area contributed by atoms with Crippen molar-refractivity contribution in [3.63, 3.8) is 0 Å². The molecule has 1 aliphatic carbocycles. The zero-order valence-corrected chi connectivity index (χ0v) is 11.7. The number of amides is 2. The molecule has 6 heteroatoms. The summed E-state index contributed by atoms with van der Waals surface area (Å²) in [5.74, 6) is 0.0370. The SMILES string of the molecule is Cn1cc(C(=O)Nc2ccc(NC(=O)C3CC3)cc2)cn1. The van der Waals surface area contributed by atoms with Gasteiger partial charge in [0.25, 0.3) is 5.91 Å². The average Bonchev–Trinajstić information content (AvgIpc) is 3.23. The number of carbonyl (C=O) groups is 2. The van der Waals surface area contributed by atoms with Gasteiger partial charge in [0.2, 0.25) is 5.91 Å². The van der Waals surface area contributed by atoms with Crippen LogP contribution in [-0.2, 0) is 11.8 Å². The first-order valence-electron chi connectivity index (χ1n) is 6.83. The molecular weight excluding hydrogens is 268 g/mol. The van der Waals surface area contributed by atoms with Gasteiger partial charge in [-0.2, -0.15) is 5.10 Å². The minimum absolute atomic E-state index is 0.0714. The summed E-state index contributed by atoms with van der Waals surface area (Å²) in [6.07, 6.45) is 5.12. The van der Waals surface area contributed by atoms with E-state index in [9.17, 15) is 9.59 Å². The predicted octanol–water partition coefficient (Wildman–Crippen LogP) is 2.02. The number of aromatic nitrogens is 2. The predicted molar refractivity (Wildman–Crippen MR) is 79.0 cm³/mol. The largest absolute Gasteiger partial charge is 0.326 e. The third-order valence-electron chi connectivity index (χ3n) is 3.33. The van der Waals surface area contributed by atoms with Gasteiger partial charge in [-0.15, -0.1) is 0 Å². The van der Waals surface area contributed by atoms with Gasteiger partial charge in [-0.25, -0.2) is 0 Å². The molecule has 6 nitrogen and oxygen atoms in total. The van der Waals surface area contributed by atoms with Crippen LogP contribution in [0.3, 0.4) is 0 Å². The van der Waals surface area contributed by atoms with Gasteiger partial charge in [0.15, 0.2) is 0 Å². The van der Waals surface area contributed by atoms with Gasteiger partial charge in [0.05, 0.1) is 11.8 Å². The third kappa shape index (κ3) is 3.28. The highest BCUT2D eigenvalue weighted by Gasteiger charge is 2.29. The van der Waals surface area contributed by atoms with Crippen LogP contribution < -0.4 is 10.6 Å². The lowest BCUT2D eigenvalue weighted by molar-refractivity contribution is -0.117. The third-order valence-corrected chi connectivity index (χ3v) is 3.33. The van der Waals surface area contributed by atoms with Crippen molar-refractivity contribution in [3.8, 4) is 0 Å².